The van der Waals surface area contributed by atoms with Crippen LogP contribution in [0, 0.1) is 70.0 Å². The minimum absolute atomic E-state index is 0.0392. The summed E-state index contributed by atoms with van der Waals surface area (Å²) in [7, 11) is 0. The Morgan fingerprint density at radius 3 is 1.54 bits per heavy atom. The van der Waals surface area contributed by atoms with Crippen molar-refractivity contribution in [3.05, 3.63) is 0 Å². The molecule has 0 aromatic carbocycles. The van der Waals surface area contributed by atoms with Gasteiger partial charge in [0.25, 0.3) is 0 Å². The van der Waals surface area contributed by atoms with Crippen molar-refractivity contribution >= 4 is 11.9 Å². The van der Waals surface area contributed by atoms with Crippen LogP contribution in [0.3, 0.4) is 0 Å². The highest BCUT2D eigenvalue weighted by Crippen LogP contribution is 2.99. The molecule has 24 heavy (non-hydrogen) atoms. The van der Waals surface area contributed by atoms with Crippen LogP contribution < -0.4 is 0 Å². The Kier molecular flexibility index (Phi) is 1.33. The summed E-state index contributed by atoms with van der Waals surface area (Å²) >= 11 is 0. The second-order valence-electron chi connectivity index (χ2n) is 10.5. The molecule has 4 nitrogen and oxygen atoms in total. The molecule has 14 atom stereocenters. The third-order valence-corrected chi connectivity index (χ3v) is 11.3. The van der Waals surface area contributed by atoms with E-state index in [1.54, 1.807) is 0 Å². The molecule has 0 radical (unpaired) electrons. The van der Waals surface area contributed by atoms with Gasteiger partial charge in [-0.3, -0.25) is 9.59 Å². The second kappa shape index (κ2) is 2.77. The standard InChI is InChI=1S/C20H20O4/c21-17-19-13-5-1-3-7-9(5)15-11(13)12-14(20(15,19)18(22)23-7)6-2-4-8(24-17)10(6)16(12)19/h5-16H,1-4H2/t5-,6-,7-,8-,9+,10+,11+,12+,13-,14+,15+,16+,19-,20-/m1/s1. The van der Waals surface area contributed by atoms with Crippen molar-refractivity contribution in [1.82, 2.24) is 0 Å². The molecule has 8 aliphatic carbocycles. The highest BCUT2D eigenvalue weighted by atomic mass is 16.6. The molecule has 10 fully saturated rings. The molecule has 0 unspecified atom stereocenters. The fourth-order valence-corrected chi connectivity index (χ4v) is 12.0. The predicted octanol–water partition coefficient (Wildman–Crippen LogP) is 1.63. The molecular weight excluding hydrogens is 304 g/mol. The van der Waals surface area contributed by atoms with E-state index in [0.29, 0.717) is 59.2 Å². The van der Waals surface area contributed by atoms with E-state index in [1.807, 2.05) is 0 Å². The van der Waals surface area contributed by atoms with Crippen molar-refractivity contribution in [2.75, 3.05) is 0 Å². The number of hydrogen-bond donors (Lipinski definition) is 0. The fraction of sp³-hybridized carbons (Fsp3) is 0.900. The largest absolute Gasteiger partial charge is 0.462 e. The molecule has 10 rings (SSSR count). The smallest absolute Gasteiger partial charge is 0.314 e. The quantitative estimate of drug-likeness (QED) is 0.636. The predicted molar refractivity (Wildman–Crippen MR) is 78.0 cm³/mol. The molecule has 4 heteroatoms. The summed E-state index contributed by atoms with van der Waals surface area (Å²) < 4.78 is 12.2. The van der Waals surface area contributed by atoms with E-state index in [4.69, 9.17) is 9.47 Å². The van der Waals surface area contributed by atoms with Crippen molar-refractivity contribution in [3.8, 4) is 0 Å². The number of ether oxygens (including phenoxy) is 2. The molecule has 2 heterocycles. The number of rotatable bonds is 0. The summed E-state index contributed by atoms with van der Waals surface area (Å²) in [4.78, 5) is 27.0. The van der Waals surface area contributed by atoms with Gasteiger partial charge >= 0.3 is 11.9 Å². The zero-order valence-electron chi connectivity index (χ0n) is 13.4. The molecule has 2 saturated heterocycles. The van der Waals surface area contributed by atoms with Gasteiger partial charge in [-0.1, -0.05) is 0 Å². The first-order valence-electron chi connectivity index (χ1n) is 10.2. The first-order valence-corrected chi connectivity index (χ1v) is 10.2. The topological polar surface area (TPSA) is 52.6 Å². The van der Waals surface area contributed by atoms with Gasteiger partial charge in [0.1, 0.15) is 12.2 Å². The van der Waals surface area contributed by atoms with Gasteiger partial charge in [0, 0.05) is 11.8 Å². The minimum atomic E-state index is -0.451. The molecule has 0 N–H and O–H groups in total. The molecule has 0 aromatic rings. The van der Waals surface area contributed by atoms with Crippen LogP contribution >= 0.6 is 0 Å². The van der Waals surface area contributed by atoms with Crippen molar-refractivity contribution in [1.29, 1.82) is 0 Å². The molecule has 2 aliphatic heterocycles. The van der Waals surface area contributed by atoms with Crippen LogP contribution in [0.2, 0.25) is 0 Å². The summed E-state index contributed by atoms with van der Waals surface area (Å²) in [5.74, 6) is 5.71. The third-order valence-electron chi connectivity index (χ3n) is 11.3. The Morgan fingerprint density at radius 2 is 1.08 bits per heavy atom. The Hall–Kier alpha value is -1.06. The molecule has 124 valence electrons. The Morgan fingerprint density at radius 1 is 0.625 bits per heavy atom. The lowest BCUT2D eigenvalue weighted by atomic mass is 9.42. The Balaban J connectivity index is 1.45. The molecular formula is C20H20O4. The van der Waals surface area contributed by atoms with E-state index in [1.165, 1.54) is 12.8 Å². The summed E-state index contributed by atoms with van der Waals surface area (Å²) in [5.41, 5.74) is -0.902. The summed E-state index contributed by atoms with van der Waals surface area (Å²) in [6.07, 6.45) is 4.77. The number of hydrogen-bond acceptors (Lipinski definition) is 4. The van der Waals surface area contributed by atoms with Gasteiger partial charge in [0.05, 0.1) is 10.8 Å². The number of carbonyl (C=O) groups is 2. The van der Waals surface area contributed by atoms with Gasteiger partial charge in [-0.25, -0.2) is 0 Å². The van der Waals surface area contributed by atoms with Crippen LogP contribution in [0.4, 0.5) is 0 Å². The maximum atomic E-state index is 13.5. The third kappa shape index (κ3) is 0.641. The van der Waals surface area contributed by atoms with Gasteiger partial charge < -0.3 is 9.47 Å². The molecule has 8 saturated carbocycles. The normalized spacial score (nSPS) is 78.5. The van der Waals surface area contributed by atoms with E-state index < -0.39 is 10.8 Å². The lowest BCUT2D eigenvalue weighted by Crippen LogP contribution is -2.71. The van der Waals surface area contributed by atoms with E-state index in [-0.39, 0.29) is 24.1 Å². The van der Waals surface area contributed by atoms with Gasteiger partial charge in [0.15, 0.2) is 0 Å². The van der Waals surface area contributed by atoms with Crippen molar-refractivity contribution in [3.63, 3.8) is 0 Å². The van der Waals surface area contributed by atoms with E-state index >= 15 is 0 Å². The first kappa shape index (κ1) is 11.5. The molecule has 8 bridgehead atoms. The molecule has 0 amide bonds. The van der Waals surface area contributed by atoms with Gasteiger partial charge in [-0.2, -0.15) is 0 Å². The Labute approximate surface area is 139 Å². The summed E-state index contributed by atoms with van der Waals surface area (Å²) in [6, 6.07) is 0. The van der Waals surface area contributed by atoms with Crippen LogP contribution in [0.25, 0.3) is 0 Å². The monoisotopic (exact) mass is 324 g/mol. The minimum Gasteiger partial charge on any atom is -0.462 e. The zero-order chi connectivity index (χ0) is 15.3. The molecule has 0 aromatic heterocycles. The van der Waals surface area contributed by atoms with E-state index in [2.05, 4.69) is 0 Å². The summed E-state index contributed by atoms with van der Waals surface area (Å²) in [5, 5.41) is 0. The van der Waals surface area contributed by atoms with Crippen molar-refractivity contribution in [2.24, 2.45) is 70.0 Å². The number of carbonyl (C=O) groups excluding carboxylic acids is 2. The van der Waals surface area contributed by atoms with Crippen LogP contribution in [0.5, 0.6) is 0 Å². The maximum Gasteiger partial charge on any atom is 0.314 e. The molecule has 10 aliphatic rings. The average Bonchev–Trinajstić information content (AvgIpc) is 3.34. The van der Waals surface area contributed by atoms with Crippen LogP contribution in [-0.2, 0) is 19.1 Å². The highest BCUT2D eigenvalue weighted by molar-refractivity contribution is 5.96. The van der Waals surface area contributed by atoms with Gasteiger partial charge in [-0.05, 0) is 73.0 Å². The van der Waals surface area contributed by atoms with Crippen LogP contribution in [0.15, 0.2) is 0 Å². The van der Waals surface area contributed by atoms with Gasteiger partial charge in [0.2, 0.25) is 0 Å². The summed E-state index contributed by atoms with van der Waals surface area (Å²) in [6.45, 7) is 0. The van der Waals surface area contributed by atoms with Crippen molar-refractivity contribution < 1.29 is 19.1 Å². The van der Waals surface area contributed by atoms with E-state index in [0.717, 1.165) is 12.8 Å². The lowest BCUT2D eigenvalue weighted by Gasteiger charge is -2.62. The lowest BCUT2D eigenvalue weighted by molar-refractivity contribution is -0.250. The zero-order valence-corrected chi connectivity index (χ0v) is 13.4. The SMILES string of the molecule is O=C1O[C@@H]2CC[C@@H]3[C@@H]2[C@H]2[C@H]4[C@@H]5[C@@H]6[C@H]7[C@H]8CC[C@H]7OC(=O)[C@]6([C@@H]34)[C@@]12[C@H]85. The van der Waals surface area contributed by atoms with E-state index in [9.17, 15) is 9.59 Å². The first-order chi connectivity index (χ1) is 11.7. The fourth-order valence-electron chi connectivity index (χ4n) is 12.0. The maximum absolute atomic E-state index is 13.5. The van der Waals surface area contributed by atoms with Crippen LogP contribution in [0.1, 0.15) is 25.7 Å². The molecule has 2 spiro atoms. The number of esters is 2. The van der Waals surface area contributed by atoms with Gasteiger partial charge in [-0.15, -0.1) is 0 Å². The van der Waals surface area contributed by atoms with Crippen LogP contribution in [-0.4, -0.2) is 24.1 Å². The average molecular weight is 324 g/mol. The van der Waals surface area contributed by atoms with Crippen molar-refractivity contribution in [2.45, 2.75) is 37.9 Å². The second-order valence-corrected chi connectivity index (χ2v) is 10.5. The highest BCUT2D eigenvalue weighted by Gasteiger charge is 3.03. The Bertz CT molecular complexity index is 723.